The van der Waals surface area contributed by atoms with E-state index in [9.17, 15) is 33.9 Å². The van der Waals surface area contributed by atoms with Crippen LogP contribution in [0, 0.1) is 0 Å². The fourth-order valence-corrected chi connectivity index (χ4v) is 8.63. The average molecular weight is 959 g/mol. The number of carbonyl (C=O) groups is 5. The summed E-state index contributed by atoms with van der Waals surface area (Å²) >= 11 is 0. The topological polar surface area (TPSA) is 247 Å². The molecule has 70 heavy (non-hydrogen) atoms. The van der Waals surface area contributed by atoms with Crippen molar-refractivity contribution in [2.24, 2.45) is 0 Å². The Morgan fingerprint density at radius 3 is 2.41 bits per heavy atom. The van der Waals surface area contributed by atoms with E-state index in [1.165, 1.54) is 10.9 Å². The molecule has 5 aromatic rings. The molecule has 0 bridgehead atoms. The van der Waals surface area contributed by atoms with E-state index in [-0.39, 0.29) is 55.0 Å². The predicted molar refractivity (Wildman–Crippen MR) is 260 cm³/mol. The molecule has 2 fully saturated rings. The number of benzene rings is 2. The normalized spacial score (nSPS) is 16.4. The summed E-state index contributed by atoms with van der Waals surface area (Å²) in [5.41, 5.74) is 2.08. The van der Waals surface area contributed by atoms with Gasteiger partial charge >= 0.3 is 0 Å². The molecule has 21 nitrogen and oxygen atoms in total. The minimum atomic E-state index is -1.19. The maximum absolute atomic E-state index is 13.4. The second-order valence-electron chi connectivity index (χ2n) is 17.6. The van der Waals surface area contributed by atoms with Crippen LogP contribution in [-0.4, -0.2) is 147 Å². The zero-order valence-corrected chi connectivity index (χ0v) is 39.3. The molecule has 368 valence electrons. The van der Waals surface area contributed by atoms with Crippen molar-refractivity contribution in [1.29, 1.82) is 0 Å². The van der Waals surface area contributed by atoms with Crippen molar-refractivity contribution in [2.75, 3.05) is 87.8 Å². The lowest BCUT2D eigenvalue weighted by molar-refractivity contribution is -0.136. The number of nitrogens with zero attached hydrogens (tertiary/aromatic N) is 8. The second kappa shape index (κ2) is 22.0. The van der Waals surface area contributed by atoms with E-state index >= 15 is 0 Å². The first kappa shape index (κ1) is 49.1. The van der Waals surface area contributed by atoms with Crippen molar-refractivity contribution in [3.63, 3.8) is 0 Å². The predicted octanol–water partition coefficient (Wildman–Crippen LogP) is 2.70. The molecule has 3 aliphatic heterocycles. The minimum absolute atomic E-state index is 0.0501. The van der Waals surface area contributed by atoms with Gasteiger partial charge in [-0.05, 0) is 81.8 Å². The van der Waals surface area contributed by atoms with Crippen LogP contribution in [0.4, 0.5) is 23.0 Å². The molecule has 2 aromatic carbocycles. The quantitative estimate of drug-likeness (QED) is 0.0380. The number of amides is 5. The molecule has 0 aliphatic carbocycles. The number of fused-ring (bicyclic) bond motifs is 2. The van der Waals surface area contributed by atoms with Crippen molar-refractivity contribution in [2.45, 2.75) is 57.7 Å². The number of piperidine rings is 1. The number of hydrogen-bond donors (Lipinski definition) is 5. The molecular formula is C49H58N12O9. The molecule has 21 heteroatoms. The average Bonchev–Trinajstić information content (AvgIpc) is 3.77. The fraction of sp³-hybridized carbons (Fsp3) is 0.408. The molecule has 3 aromatic heterocycles. The minimum Gasteiger partial charge on any atom is -0.384 e. The first-order valence-corrected chi connectivity index (χ1v) is 23.5. The highest BCUT2D eigenvalue weighted by Crippen LogP contribution is 2.32. The van der Waals surface area contributed by atoms with Gasteiger partial charge in [0.2, 0.25) is 23.7 Å². The summed E-state index contributed by atoms with van der Waals surface area (Å²) in [6, 6.07) is 17.2. The third-order valence-electron chi connectivity index (χ3n) is 12.3. The Balaban J connectivity index is 0.692. The van der Waals surface area contributed by atoms with Gasteiger partial charge in [0, 0.05) is 75.4 Å². The first-order chi connectivity index (χ1) is 33.8. The van der Waals surface area contributed by atoms with Gasteiger partial charge in [0.05, 0.1) is 49.8 Å². The summed E-state index contributed by atoms with van der Waals surface area (Å²) in [6.07, 6.45) is 4.33. The van der Waals surface area contributed by atoms with Crippen molar-refractivity contribution in [3.8, 4) is 5.82 Å². The smallest absolute Gasteiger partial charge is 0.278 e. The number of allylic oxidation sites excluding steroid dienone is 1. The van der Waals surface area contributed by atoms with Gasteiger partial charge in [-0.25, -0.2) is 19.3 Å². The van der Waals surface area contributed by atoms with Crippen LogP contribution < -0.4 is 31.7 Å². The molecular weight excluding hydrogens is 901 g/mol. The van der Waals surface area contributed by atoms with Crippen molar-refractivity contribution in [3.05, 3.63) is 107 Å². The molecule has 3 aliphatic rings. The summed E-state index contributed by atoms with van der Waals surface area (Å²) < 4.78 is 14.3. The zero-order valence-electron chi connectivity index (χ0n) is 39.3. The molecule has 8 rings (SSSR count). The van der Waals surface area contributed by atoms with Crippen LogP contribution in [0.15, 0.2) is 84.3 Å². The number of carbonyl (C=O) groups excluding carboxylic acids is 5. The van der Waals surface area contributed by atoms with Gasteiger partial charge in [0.1, 0.15) is 17.0 Å². The van der Waals surface area contributed by atoms with Crippen LogP contribution in [0.3, 0.4) is 0 Å². The Kier molecular flexibility index (Phi) is 15.4. The van der Waals surface area contributed by atoms with Gasteiger partial charge in [-0.15, -0.1) is 6.58 Å². The zero-order chi connectivity index (χ0) is 49.4. The van der Waals surface area contributed by atoms with E-state index in [1.807, 2.05) is 12.1 Å². The van der Waals surface area contributed by atoms with E-state index in [0.717, 1.165) is 55.4 Å². The summed E-state index contributed by atoms with van der Waals surface area (Å²) in [5.74, 6) is -1.56. The lowest BCUT2D eigenvalue weighted by Crippen LogP contribution is -2.54. The number of imide groups is 2. The Morgan fingerprint density at radius 2 is 1.67 bits per heavy atom. The molecule has 5 amide bonds. The number of pyridine rings is 1. The van der Waals surface area contributed by atoms with Gasteiger partial charge < -0.3 is 35.4 Å². The molecule has 6 heterocycles. The van der Waals surface area contributed by atoms with Gasteiger partial charge in [0.15, 0.2) is 11.5 Å². The number of aliphatic hydroxyl groups is 1. The fourth-order valence-electron chi connectivity index (χ4n) is 8.63. The van der Waals surface area contributed by atoms with Gasteiger partial charge in [-0.3, -0.25) is 43.9 Å². The highest BCUT2D eigenvalue weighted by Gasteiger charge is 2.45. The third-order valence-corrected chi connectivity index (χ3v) is 12.3. The van der Waals surface area contributed by atoms with E-state index in [2.05, 4.69) is 59.7 Å². The second-order valence-corrected chi connectivity index (χ2v) is 17.6. The molecule has 1 atom stereocenters. The molecule has 0 spiro atoms. The molecule has 5 N–H and O–H groups in total. The largest absolute Gasteiger partial charge is 0.384 e. The highest BCUT2D eigenvalue weighted by atomic mass is 16.5. The van der Waals surface area contributed by atoms with E-state index in [1.54, 1.807) is 61.0 Å². The number of anilines is 4. The summed E-state index contributed by atoms with van der Waals surface area (Å²) in [7, 11) is 0. The van der Waals surface area contributed by atoms with E-state index in [0.29, 0.717) is 67.1 Å². The SMILES string of the molecule is C=CCn1c(=O)c2cnc(Nc3ccc(N4CCN(CCCNC(=O)CCOCCOCCNc5cccc6c5C(=O)N(C5CCC(=O)NC5=O)C6=O)CC4)cc3)nc2n1-c1cccc(C(C)(C)O)n1. The Morgan fingerprint density at radius 1 is 0.914 bits per heavy atom. The molecule has 1 unspecified atom stereocenters. The van der Waals surface area contributed by atoms with Crippen LogP contribution in [-0.2, 0) is 36.0 Å². The molecule has 2 saturated heterocycles. The van der Waals surface area contributed by atoms with E-state index in [4.69, 9.17) is 14.5 Å². The Hall–Kier alpha value is -7.33. The Labute approximate surface area is 403 Å². The number of piperazine rings is 1. The van der Waals surface area contributed by atoms with Gasteiger partial charge in [0.25, 0.3) is 17.4 Å². The standard InChI is InChI=1S/C49H58N12O9/c1-4-21-59-45(65)35-31-52-48(56-43(35)61(59)39-11-6-10-38(54-39)49(2,3)68)53-32-12-14-33(15-13-32)58-25-23-57(24-26-58)22-7-19-51-40(62)18-27-69-29-30-70-28-20-50-36-9-5-8-34-42(36)47(67)60(46(34)66)37-16-17-41(63)55-44(37)64/h4-6,8-15,31,37,50,68H,1,7,16-30H2,2-3H3,(H,51,62)(H,52,53,56)(H,55,63,64). The number of hydrogen-bond acceptors (Lipinski definition) is 16. The van der Waals surface area contributed by atoms with Crippen LogP contribution in [0.25, 0.3) is 16.9 Å². The first-order valence-electron chi connectivity index (χ1n) is 23.5. The van der Waals surface area contributed by atoms with Crippen LogP contribution in [0.2, 0.25) is 0 Å². The van der Waals surface area contributed by atoms with Gasteiger partial charge in [-0.1, -0.05) is 18.2 Å². The molecule has 0 radical (unpaired) electrons. The van der Waals surface area contributed by atoms with Crippen molar-refractivity contribution < 1.29 is 38.6 Å². The van der Waals surface area contributed by atoms with Crippen LogP contribution in [0.5, 0.6) is 0 Å². The lowest BCUT2D eigenvalue weighted by Gasteiger charge is -2.36. The lowest BCUT2D eigenvalue weighted by atomic mass is 10.0. The monoisotopic (exact) mass is 958 g/mol. The van der Waals surface area contributed by atoms with Gasteiger partial charge in [-0.2, -0.15) is 4.98 Å². The van der Waals surface area contributed by atoms with Crippen molar-refractivity contribution >= 4 is 63.6 Å². The summed E-state index contributed by atoms with van der Waals surface area (Å²) in [6.45, 7) is 13.8. The summed E-state index contributed by atoms with van der Waals surface area (Å²) in [4.78, 5) is 95.6. The highest BCUT2D eigenvalue weighted by molar-refractivity contribution is 6.25. The maximum atomic E-state index is 13.4. The van der Waals surface area contributed by atoms with Crippen LogP contribution in [0.1, 0.15) is 65.9 Å². The third kappa shape index (κ3) is 11.2. The number of nitrogens with one attached hydrogen (secondary N) is 4. The summed E-state index contributed by atoms with van der Waals surface area (Å²) in [5, 5.41) is 22.5. The molecule has 0 saturated carbocycles. The van der Waals surface area contributed by atoms with E-state index < -0.39 is 35.3 Å². The maximum Gasteiger partial charge on any atom is 0.278 e. The van der Waals surface area contributed by atoms with Crippen molar-refractivity contribution in [1.82, 2.24) is 44.7 Å². The number of aromatic nitrogens is 5. The number of rotatable bonds is 22. The number of ether oxygens (including phenoxy) is 2. The van der Waals surface area contributed by atoms with Crippen LogP contribution >= 0.6 is 0 Å². The Bertz CT molecular complexity index is 2810.